The number of carboxylic acids is 1. The number of rotatable bonds is 16. The van der Waals surface area contributed by atoms with Gasteiger partial charge in [-0.2, -0.15) is 0 Å². The number of hydrogen-bond donors (Lipinski definition) is 3. The van der Waals surface area contributed by atoms with Crippen LogP contribution in [0.2, 0.25) is 13.3 Å². The fourth-order valence-electron chi connectivity index (χ4n) is 4.13. The third-order valence-electron chi connectivity index (χ3n) is 6.16. The number of hydrogen-bond acceptors (Lipinski definition) is 3. The zero-order valence-corrected chi connectivity index (χ0v) is 22.4. The van der Waals surface area contributed by atoms with Crippen molar-refractivity contribution in [1.29, 1.82) is 0 Å². The Bertz CT molecular complexity index is 678. The summed E-state index contributed by atoms with van der Waals surface area (Å²) in [6, 6.07) is 4.94. The average Bonchev–Trinajstić information content (AvgIpc) is 2.77. The van der Waals surface area contributed by atoms with Gasteiger partial charge >= 0.3 is 192 Å². The van der Waals surface area contributed by atoms with Gasteiger partial charge in [-0.3, -0.25) is 0 Å². The molecule has 0 heterocycles. The summed E-state index contributed by atoms with van der Waals surface area (Å²) in [4.78, 5) is 23.1. The van der Waals surface area contributed by atoms with Crippen LogP contribution in [-0.4, -0.2) is 41.4 Å². The normalized spacial score (nSPS) is 12.5. The number of carboxylic acid groups (broad SMARTS) is 1. The second-order valence-electron chi connectivity index (χ2n) is 8.63. The Hall–Kier alpha value is -1.15. The molecule has 0 aliphatic rings. The predicted molar refractivity (Wildman–Crippen MR) is 129 cm³/mol. The van der Waals surface area contributed by atoms with Crippen LogP contribution in [0.4, 0.5) is 10.1 Å². The van der Waals surface area contributed by atoms with E-state index in [-0.39, 0.29) is 18.7 Å². The van der Waals surface area contributed by atoms with E-state index in [1.54, 1.807) is 0 Å². The van der Waals surface area contributed by atoms with Gasteiger partial charge < -0.3 is 0 Å². The van der Waals surface area contributed by atoms with Crippen molar-refractivity contribution in [3.8, 4) is 0 Å². The number of aliphatic carboxylic acids is 1. The van der Waals surface area contributed by atoms with Gasteiger partial charge in [-0.25, -0.2) is 0 Å². The molecule has 0 aliphatic heterocycles. The molecule has 0 saturated heterocycles. The van der Waals surface area contributed by atoms with Gasteiger partial charge in [0.25, 0.3) is 0 Å². The van der Waals surface area contributed by atoms with Gasteiger partial charge in [-0.15, -0.1) is 0 Å². The zero-order chi connectivity index (χ0) is 23.3. The molecule has 5 nitrogen and oxygen atoms in total. The summed E-state index contributed by atoms with van der Waals surface area (Å²) < 4.78 is 19.2. The molecule has 1 atom stereocenters. The van der Waals surface area contributed by atoms with Crippen molar-refractivity contribution < 1.29 is 19.1 Å². The average molecular weight is 543 g/mol. The molecule has 1 rings (SSSR count). The number of nitrogens with two attached hydrogens (primary N) is 1. The van der Waals surface area contributed by atoms with Crippen LogP contribution in [0.25, 0.3) is 0 Å². The van der Waals surface area contributed by atoms with E-state index in [9.17, 15) is 14.0 Å². The van der Waals surface area contributed by atoms with Crippen molar-refractivity contribution in [3.63, 3.8) is 0 Å². The minimum atomic E-state index is -2.67. The molecule has 0 radical (unpaired) electrons. The SMILES string of the molecule is CCC[CH2][Sn]([CH2]CCC)([CH2]CCC)[c]1ccc(NC(=O)CC[C@H](N)C(=O)O)c(CF)c1. The van der Waals surface area contributed by atoms with Crippen molar-refractivity contribution in [2.24, 2.45) is 5.73 Å². The number of halogens is 1. The zero-order valence-electron chi connectivity index (χ0n) is 19.5. The first-order valence-corrected chi connectivity index (χ1v) is 19.3. The number of anilines is 1. The predicted octanol–water partition coefficient (Wildman–Crippen LogP) is 5.34. The summed E-state index contributed by atoms with van der Waals surface area (Å²) in [6.07, 6.45) is 7.28. The number of amides is 1. The van der Waals surface area contributed by atoms with E-state index in [1.165, 1.54) is 55.4 Å². The van der Waals surface area contributed by atoms with Crippen molar-refractivity contribution in [2.45, 2.75) is 98.2 Å². The third kappa shape index (κ3) is 9.08. The molecule has 0 spiro atoms. The van der Waals surface area contributed by atoms with Crippen LogP contribution in [-0.2, 0) is 16.3 Å². The standard InChI is InChI=1S/C12H14FN2O3.3C4H9.Sn/c13-7-8-3-1-2-4-10(8)15-11(16)6-5-9(14)12(17)18;3*1-3-4-2;/h2-4,9H,5-7,14H2,(H,15,16)(H,17,18);3*1,3-4H2,2H3;/t9-;;;;/m0..../s1. The van der Waals surface area contributed by atoms with Crippen molar-refractivity contribution in [3.05, 3.63) is 23.8 Å². The van der Waals surface area contributed by atoms with E-state index in [0.29, 0.717) is 11.3 Å². The second kappa shape index (κ2) is 14.8. The number of benzene rings is 1. The first-order chi connectivity index (χ1) is 14.8. The molecule has 7 heteroatoms. The molecule has 0 bridgehead atoms. The molecular weight excluding hydrogens is 502 g/mol. The summed E-state index contributed by atoms with van der Waals surface area (Å²) in [5.74, 6) is -1.46. The monoisotopic (exact) mass is 544 g/mol. The van der Waals surface area contributed by atoms with Crippen LogP contribution < -0.4 is 14.6 Å². The van der Waals surface area contributed by atoms with Crippen LogP contribution in [0.1, 0.15) is 77.7 Å². The summed E-state index contributed by atoms with van der Waals surface area (Å²) in [7, 11) is 0. The molecule has 0 unspecified atom stereocenters. The number of carbonyl (C=O) groups is 2. The maximum atomic E-state index is 14.0. The van der Waals surface area contributed by atoms with Crippen LogP contribution >= 0.6 is 0 Å². The molecule has 4 N–H and O–H groups in total. The van der Waals surface area contributed by atoms with E-state index < -0.39 is 37.1 Å². The molecule has 0 fully saturated rings. The first-order valence-electron chi connectivity index (χ1n) is 11.8. The van der Waals surface area contributed by atoms with Crippen LogP contribution in [0, 0.1) is 0 Å². The van der Waals surface area contributed by atoms with Crippen LogP contribution in [0.5, 0.6) is 0 Å². The molecule has 1 aromatic rings. The van der Waals surface area contributed by atoms with Gasteiger partial charge in [-0.1, -0.05) is 0 Å². The van der Waals surface area contributed by atoms with Gasteiger partial charge in [0.1, 0.15) is 0 Å². The van der Waals surface area contributed by atoms with Gasteiger partial charge in [0.2, 0.25) is 0 Å². The summed E-state index contributed by atoms with van der Waals surface area (Å²) in [5, 5.41) is 11.6. The van der Waals surface area contributed by atoms with Crippen molar-refractivity contribution in [1.82, 2.24) is 0 Å². The molecule has 176 valence electrons. The van der Waals surface area contributed by atoms with Gasteiger partial charge in [-0.05, 0) is 0 Å². The van der Waals surface area contributed by atoms with E-state index in [4.69, 9.17) is 10.8 Å². The number of nitrogens with one attached hydrogen (secondary N) is 1. The molecule has 0 saturated carbocycles. The quantitative estimate of drug-likeness (QED) is 0.246. The first kappa shape index (κ1) is 27.9. The van der Waals surface area contributed by atoms with E-state index in [0.717, 1.165) is 0 Å². The van der Waals surface area contributed by atoms with Crippen molar-refractivity contribution in [2.75, 3.05) is 5.32 Å². The summed E-state index contributed by atoms with van der Waals surface area (Å²) in [5.41, 5.74) is 6.48. The Morgan fingerprint density at radius 3 is 2.06 bits per heavy atom. The van der Waals surface area contributed by atoms with Gasteiger partial charge in [0.15, 0.2) is 0 Å². The minimum absolute atomic E-state index is 0.00634. The number of unbranched alkanes of at least 4 members (excludes halogenated alkanes) is 3. The molecular formula is C24H41FN2O3Sn. The Labute approximate surface area is 191 Å². The van der Waals surface area contributed by atoms with E-state index in [2.05, 4.69) is 32.2 Å². The Morgan fingerprint density at radius 1 is 1.06 bits per heavy atom. The Kier molecular flexibility index (Phi) is 13.3. The summed E-state index contributed by atoms with van der Waals surface area (Å²) in [6.45, 7) is 6.07. The fraction of sp³-hybridized carbons (Fsp3) is 0.667. The Morgan fingerprint density at radius 2 is 1.61 bits per heavy atom. The molecule has 1 amide bonds. The number of alkyl halides is 1. The van der Waals surface area contributed by atoms with Gasteiger partial charge in [0, 0.05) is 0 Å². The van der Waals surface area contributed by atoms with Crippen LogP contribution in [0.15, 0.2) is 18.2 Å². The van der Waals surface area contributed by atoms with Crippen LogP contribution in [0.3, 0.4) is 0 Å². The number of carbonyl (C=O) groups excluding carboxylic acids is 1. The van der Waals surface area contributed by atoms with Gasteiger partial charge in [0.05, 0.1) is 0 Å². The Balaban J connectivity index is 3.11. The molecule has 1 aromatic carbocycles. The molecule has 0 aromatic heterocycles. The van der Waals surface area contributed by atoms with E-state index in [1.807, 2.05) is 12.1 Å². The van der Waals surface area contributed by atoms with E-state index >= 15 is 0 Å². The van der Waals surface area contributed by atoms with Crippen molar-refractivity contribution >= 4 is 39.5 Å². The maximum absolute atomic E-state index is 14.0. The molecule has 31 heavy (non-hydrogen) atoms. The fourth-order valence-corrected chi connectivity index (χ4v) is 20.2. The molecule has 0 aliphatic carbocycles. The third-order valence-corrected chi connectivity index (χ3v) is 21.8. The second-order valence-corrected chi connectivity index (χ2v) is 21.9. The summed E-state index contributed by atoms with van der Waals surface area (Å²) >= 11 is -2.67. The topological polar surface area (TPSA) is 92.4 Å².